The van der Waals surface area contributed by atoms with Crippen LogP contribution in [-0.4, -0.2) is 11.9 Å². The molecule has 0 N–H and O–H groups in total. The van der Waals surface area contributed by atoms with Gasteiger partial charge in [0.15, 0.2) is 5.78 Å². The van der Waals surface area contributed by atoms with Crippen LogP contribution >= 0.6 is 15.9 Å². The Hall–Kier alpha value is -1.61. The number of ketones is 1. The van der Waals surface area contributed by atoms with E-state index in [4.69, 9.17) is 4.74 Å². The molecule has 0 aliphatic heterocycles. The summed E-state index contributed by atoms with van der Waals surface area (Å²) in [6, 6.07) is 13.0. The molecule has 0 unspecified atom stereocenters. The molecular weight excluding hydrogens is 316 g/mol. The Morgan fingerprint density at radius 2 is 1.70 bits per heavy atom. The van der Waals surface area contributed by atoms with Gasteiger partial charge in [-0.2, -0.15) is 0 Å². The van der Waals surface area contributed by atoms with Crippen LogP contribution < -0.4 is 4.74 Å². The van der Waals surface area contributed by atoms with Crippen LogP contribution in [-0.2, 0) is 0 Å². The molecule has 2 aromatic rings. The van der Waals surface area contributed by atoms with Crippen LogP contribution in [0.5, 0.6) is 5.75 Å². The van der Waals surface area contributed by atoms with E-state index >= 15 is 0 Å². The number of ether oxygens (including phenoxy) is 1. The first kappa shape index (κ1) is 14.8. The van der Waals surface area contributed by atoms with E-state index in [0.717, 1.165) is 10.0 Å². The average molecular weight is 333 g/mol. The monoisotopic (exact) mass is 332 g/mol. The first-order valence-electron chi connectivity index (χ1n) is 6.56. The highest BCUT2D eigenvalue weighted by molar-refractivity contribution is 9.10. The zero-order valence-electron chi connectivity index (χ0n) is 11.8. The summed E-state index contributed by atoms with van der Waals surface area (Å²) >= 11 is 3.46. The van der Waals surface area contributed by atoms with Gasteiger partial charge in [-0.1, -0.05) is 40.2 Å². The van der Waals surface area contributed by atoms with Gasteiger partial charge in [0, 0.05) is 10.0 Å². The molecule has 0 spiro atoms. The Morgan fingerprint density at radius 3 is 2.40 bits per heavy atom. The number of carbonyl (C=O) groups is 1. The maximum atomic E-state index is 12.7. The van der Waals surface area contributed by atoms with Crippen molar-refractivity contribution in [3.05, 3.63) is 63.6 Å². The van der Waals surface area contributed by atoms with Gasteiger partial charge < -0.3 is 4.74 Å². The summed E-state index contributed by atoms with van der Waals surface area (Å²) in [5, 5.41) is 0. The SMILES string of the molecule is Cc1c(Br)cccc1C(=O)c1ccccc1OC(C)C. The van der Waals surface area contributed by atoms with E-state index in [9.17, 15) is 4.79 Å². The van der Waals surface area contributed by atoms with E-state index < -0.39 is 0 Å². The minimum atomic E-state index is -0.0138. The van der Waals surface area contributed by atoms with Crippen molar-refractivity contribution >= 4 is 21.7 Å². The highest BCUT2D eigenvalue weighted by atomic mass is 79.9. The third kappa shape index (κ3) is 3.10. The van der Waals surface area contributed by atoms with Crippen LogP contribution in [0.2, 0.25) is 0 Å². The van der Waals surface area contributed by atoms with Gasteiger partial charge >= 0.3 is 0 Å². The Kier molecular flexibility index (Phi) is 4.61. The number of hydrogen-bond acceptors (Lipinski definition) is 2. The van der Waals surface area contributed by atoms with Gasteiger partial charge in [0.2, 0.25) is 0 Å². The topological polar surface area (TPSA) is 26.3 Å². The third-order valence-electron chi connectivity index (χ3n) is 3.01. The predicted molar refractivity (Wildman–Crippen MR) is 84.5 cm³/mol. The van der Waals surface area contributed by atoms with Gasteiger partial charge in [0.25, 0.3) is 0 Å². The largest absolute Gasteiger partial charge is 0.490 e. The van der Waals surface area contributed by atoms with E-state index in [1.54, 1.807) is 6.07 Å². The van der Waals surface area contributed by atoms with Gasteiger partial charge in [-0.25, -0.2) is 0 Å². The Labute approximate surface area is 127 Å². The predicted octanol–water partition coefficient (Wildman–Crippen LogP) is 4.78. The second kappa shape index (κ2) is 6.23. The lowest BCUT2D eigenvalue weighted by atomic mass is 9.98. The molecule has 0 aromatic heterocycles. The van der Waals surface area contributed by atoms with E-state index in [2.05, 4.69) is 15.9 Å². The minimum absolute atomic E-state index is 0.0138. The lowest BCUT2D eigenvalue weighted by Crippen LogP contribution is -2.11. The molecule has 2 nitrogen and oxygen atoms in total. The fourth-order valence-electron chi connectivity index (χ4n) is 2.01. The Bertz CT molecular complexity index is 633. The molecular formula is C17H17BrO2. The third-order valence-corrected chi connectivity index (χ3v) is 3.87. The number of hydrogen-bond donors (Lipinski definition) is 0. The van der Waals surface area contributed by atoms with Gasteiger partial charge in [-0.05, 0) is 44.5 Å². The van der Waals surface area contributed by atoms with E-state index in [0.29, 0.717) is 16.9 Å². The smallest absolute Gasteiger partial charge is 0.197 e. The molecule has 0 saturated carbocycles. The molecule has 104 valence electrons. The van der Waals surface area contributed by atoms with Crippen LogP contribution in [0.3, 0.4) is 0 Å². The van der Waals surface area contributed by atoms with Crippen LogP contribution in [0.1, 0.15) is 35.3 Å². The van der Waals surface area contributed by atoms with Crippen molar-refractivity contribution < 1.29 is 9.53 Å². The number of para-hydroxylation sites is 1. The van der Waals surface area contributed by atoms with Gasteiger partial charge in [0.05, 0.1) is 11.7 Å². The van der Waals surface area contributed by atoms with Crippen molar-refractivity contribution in [3.63, 3.8) is 0 Å². The molecule has 20 heavy (non-hydrogen) atoms. The summed E-state index contributed by atoms with van der Waals surface area (Å²) in [4.78, 5) is 12.7. The number of benzene rings is 2. The first-order chi connectivity index (χ1) is 9.50. The quantitative estimate of drug-likeness (QED) is 0.753. The fraction of sp³-hybridized carbons (Fsp3) is 0.235. The molecule has 0 radical (unpaired) electrons. The molecule has 0 amide bonds. The number of carbonyl (C=O) groups excluding carboxylic acids is 1. The zero-order valence-corrected chi connectivity index (χ0v) is 13.4. The molecule has 3 heteroatoms. The Morgan fingerprint density at radius 1 is 1.05 bits per heavy atom. The molecule has 2 rings (SSSR count). The van der Waals surface area contributed by atoms with Crippen molar-refractivity contribution in [1.29, 1.82) is 0 Å². The molecule has 0 aliphatic rings. The highest BCUT2D eigenvalue weighted by Crippen LogP contribution is 2.26. The summed E-state index contributed by atoms with van der Waals surface area (Å²) in [6.45, 7) is 5.83. The minimum Gasteiger partial charge on any atom is -0.490 e. The molecule has 0 aliphatic carbocycles. The second-order valence-electron chi connectivity index (χ2n) is 4.90. The van der Waals surface area contributed by atoms with Crippen molar-refractivity contribution in [1.82, 2.24) is 0 Å². The molecule has 0 atom stereocenters. The first-order valence-corrected chi connectivity index (χ1v) is 7.35. The van der Waals surface area contributed by atoms with Gasteiger partial charge in [0.1, 0.15) is 5.75 Å². The highest BCUT2D eigenvalue weighted by Gasteiger charge is 2.17. The fourth-order valence-corrected chi connectivity index (χ4v) is 2.38. The van der Waals surface area contributed by atoms with E-state index in [-0.39, 0.29) is 11.9 Å². The average Bonchev–Trinajstić information content (AvgIpc) is 2.41. The lowest BCUT2D eigenvalue weighted by molar-refractivity contribution is 0.103. The Balaban J connectivity index is 2.46. The van der Waals surface area contributed by atoms with E-state index in [1.807, 2.05) is 57.2 Å². The molecule has 0 fully saturated rings. The molecule has 0 saturated heterocycles. The van der Waals surface area contributed by atoms with Gasteiger partial charge in [-0.15, -0.1) is 0 Å². The number of rotatable bonds is 4. The van der Waals surface area contributed by atoms with Gasteiger partial charge in [-0.3, -0.25) is 4.79 Å². The van der Waals surface area contributed by atoms with Crippen LogP contribution in [0.25, 0.3) is 0 Å². The number of halogens is 1. The molecule has 0 heterocycles. The summed E-state index contributed by atoms with van der Waals surface area (Å²) in [5.41, 5.74) is 2.23. The summed E-state index contributed by atoms with van der Waals surface area (Å²) in [5.74, 6) is 0.618. The van der Waals surface area contributed by atoms with Crippen molar-refractivity contribution in [3.8, 4) is 5.75 Å². The van der Waals surface area contributed by atoms with Crippen molar-refractivity contribution in [2.75, 3.05) is 0 Å². The summed E-state index contributed by atoms with van der Waals surface area (Å²) in [6.07, 6.45) is 0.0348. The van der Waals surface area contributed by atoms with Crippen molar-refractivity contribution in [2.24, 2.45) is 0 Å². The van der Waals surface area contributed by atoms with Crippen LogP contribution in [0, 0.1) is 6.92 Å². The van der Waals surface area contributed by atoms with Crippen molar-refractivity contribution in [2.45, 2.75) is 26.9 Å². The lowest BCUT2D eigenvalue weighted by Gasteiger charge is -2.14. The molecule has 2 aromatic carbocycles. The standard InChI is InChI=1S/C17H17BrO2/c1-11(2)20-16-10-5-4-7-14(16)17(19)13-8-6-9-15(18)12(13)3/h4-11H,1-3H3. The van der Waals surface area contributed by atoms with E-state index in [1.165, 1.54) is 0 Å². The summed E-state index contributed by atoms with van der Waals surface area (Å²) in [7, 11) is 0. The van der Waals surface area contributed by atoms with Crippen LogP contribution in [0.4, 0.5) is 0 Å². The molecule has 0 bridgehead atoms. The normalized spacial score (nSPS) is 10.7. The van der Waals surface area contributed by atoms with Crippen LogP contribution in [0.15, 0.2) is 46.9 Å². The summed E-state index contributed by atoms with van der Waals surface area (Å²) < 4.78 is 6.66. The zero-order chi connectivity index (χ0) is 14.7. The second-order valence-corrected chi connectivity index (χ2v) is 5.76. The maximum Gasteiger partial charge on any atom is 0.197 e. The maximum absolute atomic E-state index is 12.7.